The van der Waals surface area contributed by atoms with Gasteiger partial charge in [0.2, 0.25) is 0 Å². The molecule has 2 heterocycles. The van der Waals surface area contributed by atoms with Crippen LogP contribution in [-0.4, -0.2) is 25.2 Å². The van der Waals surface area contributed by atoms with Crippen LogP contribution in [0.15, 0.2) is 194 Å². The zero-order valence-electron chi connectivity index (χ0n) is 30.1. The van der Waals surface area contributed by atoms with Crippen LogP contribution in [0.5, 0.6) is 0 Å². The topological polar surface area (TPSA) is 63.0 Å². The first kappa shape index (κ1) is 35.6. The first-order valence-electron chi connectivity index (χ1n) is 17.6. The molecule has 0 aliphatic rings. The molecule has 0 spiro atoms. The van der Waals surface area contributed by atoms with Crippen molar-refractivity contribution in [1.82, 2.24) is 25.2 Å². The quantitative estimate of drug-likeness (QED) is 0.117. The highest BCUT2D eigenvalue weighted by molar-refractivity contribution is 6.29. The van der Waals surface area contributed by atoms with E-state index in [0.717, 1.165) is 67.4 Å². The molecule has 0 radical (unpaired) electrons. The van der Waals surface area contributed by atoms with Crippen LogP contribution in [0, 0.1) is 0 Å². The monoisotopic (exact) mass is 723 g/mol. The predicted octanol–water partition coefficient (Wildman–Crippen LogP) is 12.2. The van der Waals surface area contributed by atoms with E-state index in [-0.39, 0.29) is 0 Å². The Morgan fingerprint density at radius 3 is 1.52 bits per heavy atom. The van der Waals surface area contributed by atoms with E-state index in [4.69, 9.17) is 21.8 Å². The lowest BCUT2D eigenvalue weighted by Gasteiger charge is -2.26. The minimum Gasteiger partial charge on any atom is -0.311 e. The van der Waals surface area contributed by atoms with Gasteiger partial charge < -0.3 is 9.80 Å². The summed E-state index contributed by atoms with van der Waals surface area (Å²) in [7, 11) is 0. The Kier molecular flexibility index (Phi) is 10.7. The lowest BCUT2D eigenvalue weighted by atomic mass is 9.97. The second-order valence-corrected chi connectivity index (χ2v) is 12.6. The fraction of sp³-hybridized carbons (Fsp3) is 0.0435. The minimum atomic E-state index is 0.296. The fourth-order valence-electron chi connectivity index (χ4n) is 6.43. The van der Waals surface area contributed by atoms with E-state index in [1.807, 2.05) is 43.3 Å². The van der Waals surface area contributed by atoms with Crippen molar-refractivity contribution in [2.24, 2.45) is 0 Å². The number of nitrogens with zero attached hydrogens (tertiary/aromatic N) is 7. The molecule has 5 aromatic carbocycles. The number of halogens is 1. The maximum Gasteiger partial charge on any atom is 0.196 e. The highest BCUT2D eigenvalue weighted by Gasteiger charge is 2.19. The van der Waals surface area contributed by atoms with Gasteiger partial charge in [-0.2, -0.15) is 0 Å². The van der Waals surface area contributed by atoms with Crippen molar-refractivity contribution in [1.29, 1.82) is 0 Å². The second-order valence-electron chi connectivity index (χ2n) is 12.2. The second kappa shape index (κ2) is 16.2. The van der Waals surface area contributed by atoms with E-state index < -0.39 is 0 Å². The maximum atomic E-state index is 6.08. The van der Waals surface area contributed by atoms with Crippen molar-refractivity contribution in [3.63, 3.8) is 0 Å². The molecule has 7 rings (SSSR count). The Bertz CT molecular complexity index is 2480. The van der Waals surface area contributed by atoms with Crippen LogP contribution < -0.4 is 9.80 Å². The molecular formula is C46H38ClN7. The van der Waals surface area contributed by atoms with E-state index in [2.05, 4.69) is 155 Å². The lowest BCUT2D eigenvalue weighted by molar-refractivity contribution is 0.724. The lowest BCUT2D eigenvalue weighted by Crippen LogP contribution is -2.14. The molecule has 2 aromatic heterocycles. The van der Waals surface area contributed by atoms with Gasteiger partial charge in [0, 0.05) is 45.3 Å². The van der Waals surface area contributed by atoms with Crippen molar-refractivity contribution in [2.45, 2.75) is 13.8 Å². The van der Waals surface area contributed by atoms with Crippen molar-refractivity contribution in [2.75, 3.05) is 9.80 Å². The molecule has 0 N–H and O–H groups in total. The summed E-state index contributed by atoms with van der Waals surface area (Å²) >= 11 is 6.08. The number of anilines is 4. The third kappa shape index (κ3) is 7.26. The molecule has 0 saturated carbocycles. The van der Waals surface area contributed by atoms with Crippen LogP contribution in [0.3, 0.4) is 0 Å². The number of fused-ring (bicyclic) bond motifs is 1. The molecule has 0 aliphatic carbocycles. The smallest absolute Gasteiger partial charge is 0.196 e. The SMILES string of the molecule is C=C/C=C(\C=C)N(c1ccccc1)c1ccc(-c2ccc(-c3ccc(N(C(/C=C\C)=C/C)c4ccccc4)cc3)c3nn(-c4ccc(Cl)nn4)nc23)cc1. The van der Waals surface area contributed by atoms with Gasteiger partial charge in [0.25, 0.3) is 0 Å². The molecule has 0 amide bonds. The van der Waals surface area contributed by atoms with Crippen LogP contribution >= 0.6 is 11.6 Å². The molecule has 0 fully saturated rings. The van der Waals surface area contributed by atoms with Crippen LogP contribution in [0.1, 0.15) is 13.8 Å². The number of para-hydroxylation sites is 2. The molecule has 0 bridgehead atoms. The van der Waals surface area contributed by atoms with Gasteiger partial charge in [-0.05, 0) is 104 Å². The van der Waals surface area contributed by atoms with Crippen LogP contribution in [0.2, 0.25) is 5.15 Å². The molecule has 8 heteroatoms. The minimum absolute atomic E-state index is 0.296. The molecule has 0 saturated heterocycles. The van der Waals surface area contributed by atoms with Crippen molar-refractivity contribution in [3.05, 3.63) is 200 Å². The summed E-state index contributed by atoms with van der Waals surface area (Å²) in [5, 5.41) is 18.6. The number of allylic oxidation sites excluding steroid dienone is 6. The first-order chi connectivity index (χ1) is 26.5. The molecule has 0 aliphatic heterocycles. The van der Waals surface area contributed by atoms with Gasteiger partial charge in [-0.15, -0.1) is 25.2 Å². The predicted molar refractivity (Wildman–Crippen MR) is 225 cm³/mol. The van der Waals surface area contributed by atoms with Crippen LogP contribution in [0.4, 0.5) is 22.7 Å². The van der Waals surface area contributed by atoms with Gasteiger partial charge in [-0.1, -0.05) is 116 Å². The van der Waals surface area contributed by atoms with E-state index in [0.29, 0.717) is 11.0 Å². The molecule has 0 atom stereocenters. The molecule has 264 valence electrons. The van der Waals surface area contributed by atoms with E-state index in [1.54, 1.807) is 18.2 Å². The third-order valence-electron chi connectivity index (χ3n) is 8.91. The zero-order valence-corrected chi connectivity index (χ0v) is 30.8. The van der Waals surface area contributed by atoms with E-state index >= 15 is 0 Å². The summed E-state index contributed by atoms with van der Waals surface area (Å²) in [6.45, 7) is 12.1. The number of benzene rings is 5. The molecule has 7 aromatic rings. The van der Waals surface area contributed by atoms with Crippen LogP contribution in [0.25, 0.3) is 39.1 Å². The fourth-order valence-corrected chi connectivity index (χ4v) is 6.53. The largest absolute Gasteiger partial charge is 0.311 e. The molecular weight excluding hydrogens is 686 g/mol. The van der Waals surface area contributed by atoms with Gasteiger partial charge in [-0.3, -0.25) is 0 Å². The molecule has 0 unspecified atom stereocenters. The highest BCUT2D eigenvalue weighted by atomic mass is 35.5. The Balaban J connectivity index is 1.32. The zero-order chi connectivity index (χ0) is 37.4. The van der Waals surface area contributed by atoms with Gasteiger partial charge >= 0.3 is 0 Å². The van der Waals surface area contributed by atoms with Crippen molar-refractivity contribution in [3.8, 4) is 28.1 Å². The summed E-state index contributed by atoms with van der Waals surface area (Å²) in [5.41, 5.74) is 11.4. The number of aromatic nitrogens is 5. The summed E-state index contributed by atoms with van der Waals surface area (Å²) in [6, 6.07) is 45.1. The van der Waals surface area contributed by atoms with Gasteiger partial charge in [-0.25, -0.2) is 0 Å². The average Bonchev–Trinajstić information content (AvgIpc) is 3.67. The molecule has 7 nitrogen and oxygen atoms in total. The number of hydrogen-bond acceptors (Lipinski definition) is 6. The van der Waals surface area contributed by atoms with Gasteiger partial charge in [0.15, 0.2) is 11.0 Å². The standard InChI is InChI=1S/C46H38ClN7/c1-5-15-35(7-3)52(37-17-11-9-12-18-37)39-25-21-33(22-26-39)41-29-30-42(46-45(41)50-54(51-46)44-32-31-43(47)48-49-44)34-23-27-40(28-24-34)53(36(8-4)16-6-2)38-19-13-10-14-20-38/h5-32H,1,3H2,2,4H3/b16-6-,35-15+,36-8+. The Morgan fingerprint density at radius 2 is 1.09 bits per heavy atom. The normalized spacial score (nSPS) is 11.9. The van der Waals surface area contributed by atoms with Crippen molar-refractivity contribution < 1.29 is 0 Å². The third-order valence-corrected chi connectivity index (χ3v) is 9.11. The van der Waals surface area contributed by atoms with Crippen molar-refractivity contribution >= 4 is 45.4 Å². The average molecular weight is 724 g/mol. The highest BCUT2D eigenvalue weighted by Crippen LogP contribution is 2.38. The molecule has 54 heavy (non-hydrogen) atoms. The summed E-state index contributed by atoms with van der Waals surface area (Å²) in [6.07, 6.45) is 11.8. The number of rotatable bonds is 12. The maximum absolute atomic E-state index is 6.08. The summed E-state index contributed by atoms with van der Waals surface area (Å²) < 4.78 is 0. The Labute approximate surface area is 320 Å². The Hall–Kier alpha value is -6.83. The summed E-state index contributed by atoms with van der Waals surface area (Å²) in [4.78, 5) is 5.91. The van der Waals surface area contributed by atoms with Crippen LogP contribution in [-0.2, 0) is 0 Å². The van der Waals surface area contributed by atoms with Gasteiger partial charge in [0.05, 0.1) is 0 Å². The number of hydrogen-bond donors (Lipinski definition) is 0. The Morgan fingerprint density at radius 1 is 0.593 bits per heavy atom. The van der Waals surface area contributed by atoms with Gasteiger partial charge in [0.1, 0.15) is 11.0 Å². The van der Waals surface area contributed by atoms with E-state index in [1.165, 1.54) is 4.80 Å². The first-order valence-corrected chi connectivity index (χ1v) is 18.0. The van der Waals surface area contributed by atoms with E-state index in [9.17, 15) is 0 Å². The summed E-state index contributed by atoms with van der Waals surface area (Å²) in [5.74, 6) is 0.462.